The highest BCUT2D eigenvalue weighted by Gasteiger charge is 2.21. The van der Waals surface area contributed by atoms with E-state index in [1.165, 1.54) is 12.1 Å². The fourth-order valence-corrected chi connectivity index (χ4v) is 2.62. The van der Waals surface area contributed by atoms with Gasteiger partial charge in [0.05, 0.1) is 28.6 Å². The maximum atomic E-state index is 13.3. The van der Waals surface area contributed by atoms with Gasteiger partial charge in [-0.3, -0.25) is 0 Å². The number of nitrogens with one attached hydrogen (secondary N) is 3. The predicted molar refractivity (Wildman–Crippen MR) is 76.5 cm³/mol. The summed E-state index contributed by atoms with van der Waals surface area (Å²) in [5, 5.41) is 11.5. The van der Waals surface area contributed by atoms with Crippen molar-refractivity contribution in [3.63, 3.8) is 0 Å². The monoisotopic (exact) mass is 347 g/mol. The van der Waals surface area contributed by atoms with Crippen LogP contribution in [0.2, 0.25) is 0 Å². The maximum Gasteiger partial charge on any atom is 0.124 e. The molecule has 0 saturated carbocycles. The van der Waals surface area contributed by atoms with Crippen LogP contribution >= 0.6 is 22.9 Å². The summed E-state index contributed by atoms with van der Waals surface area (Å²) in [7, 11) is 0. The van der Waals surface area contributed by atoms with Crippen LogP contribution in [0.25, 0.3) is 0 Å². The highest BCUT2D eigenvalue weighted by atomic mass is 127. The summed E-state index contributed by atoms with van der Waals surface area (Å²) < 4.78 is 16.3. The van der Waals surface area contributed by atoms with Crippen molar-refractivity contribution >= 4 is 34.3 Å². The van der Waals surface area contributed by atoms with Crippen molar-refractivity contribution in [2.24, 2.45) is 5.92 Å². The van der Waals surface area contributed by atoms with Gasteiger partial charge in [0, 0.05) is 17.2 Å². The molecule has 1 aliphatic heterocycles. The molecule has 1 fully saturated rings. The minimum Gasteiger partial charge on any atom is -0.328 e. The molecule has 1 saturated heterocycles. The fourth-order valence-electron chi connectivity index (χ4n) is 2.15. The molecule has 0 bridgehead atoms. The second kappa shape index (κ2) is 5.77. The lowest BCUT2D eigenvalue weighted by Gasteiger charge is -2.24. The minimum absolute atomic E-state index is 0.238. The second-order valence-corrected chi connectivity index (χ2v) is 4.76. The Kier molecular flexibility index (Phi) is 4.33. The zero-order chi connectivity index (χ0) is 12.3. The van der Waals surface area contributed by atoms with Gasteiger partial charge in [-0.25, -0.2) is 4.39 Å². The van der Waals surface area contributed by atoms with Gasteiger partial charge in [0.1, 0.15) is 5.82 Å². The van der Waals surface area contributed by atoms with E-state index in [1.54, 1.807) is 6.07 Å². The molecule has 1 aromatic rings. The number of rotatable bonds is 3. The zero-order valence-electron chi connectivity index (χ0n) is 9.39. The normalized spacial score (nSPS) is 16.8. The highest BCUT2D eigenvalue weighted by Crippen LogP contribution is 2.25. The summed E-state index contributed by atoms with van der Waals surface area (Å²) in [5.74, 6) is -0.0457. The van der Waals surface area contributed by atoms with Crippen LogP contribution in [-0.2, 0) is 0 Å². The average Bonchev–Trinajstić information content (AvgIpc) is 2.39. The molecule has 0 amide bonds. The number of halogens is 2. The molecule has 3 N–H and O–H groups in total. The fraction of sp³-hybridized carbons (Fsp3) is 0.417. The number of benzene rings is 1. The summed E-state index contributed by atoms with van der Waals surface area (Å²) in [6, 6.07) is 4.55. The number of hydrogen-bond acceptors (Lipinski definition) is 3. The average molecular weight is 347 g/mol. The Bertz CT molecular complexity index is 416. The van der Waals surface area contributed by atoms with Crippen LogP contribution < -0.4 is 8.85 Å². The van der Waals surface area contributed by atoms with E-state index in [9.17, 15) is 4.39 Å². The lowest BCUT2D eigenvalue weighted by atomic mass is 9.88. The topological polar surface area (TPSA) is 47.9 Å². The van der Waals surface area contributed by atoms with Crippen LogP contribution in [0.4, 0.5) is 10.1 Å². The van der Waals surface area contributed by atoms with Gasteiger partial charge in [0.15, 0.2) is 0 Å². The second-order valence-electron chi connectivity index (χ2n) is 4.22. The van der Waals surface area contributed by atoms with Crippen molar-refractivity contribution in [1.82, 2.24) is 5.32 Å². The standard InChI is InChI=1S/C12H15FIN3/c13-9-1-2-11(17-14)10(7-9)12(15)8-3-5-16-6-4-8/h1-2,7-8,15-17H,3-6H2. The first-order valence-electron chi connectivity index (χ1n) is 5.68. The summed E-state index contributed by atoms with van der Waals surface area (Å²) in [6.07, 6.45) is 1.91. The molecule has 0 unspecified atom stereocenters. The molecule has 17 heavy (non-hydrogen) atoms. The summed E-state index contributed by atoms with van der Waals surface area (Å²) >= 11 is 2.01. The van der Waals surface area contributed by atoms with E-state index in [4.69, 9.17) is 5.41 Å². The summed E-state index contributed by atoms with van der Waals surface area (Å²) in [4.78, 5) is 0. The molecule has 92 valence electrons. The number of piperidine rings is 1. The van der Waals surface area contributed by atoms with Gasteiger partial charge in [0.2, 0.25) is 0 Å². The molecule has 0 atom stereocenters. The van der Waals surface area contributed by atoms with Crippen LogP contribution in [0.5, 0.6) is 0 Å². The largest absolute Gasteiger partial charge is 0.328 e. The van der Waals surface area contributed by atoms with Crippen LogP contribution in [0.15, 0.2) is 18.2 Å². The minimum atomic E-state index is -0.283. The van der Waals surface area contributed by atoms with E-state index in [0.717, 1.165) is 31.6 Å². The predicted octanol–water partition coefficient (Wildman–Crippen LogP) is 2.96. The maximum absolute atomic E-state index is 13.3. The van der Waals surface area contributed by atoms with Crippen LogP contribution in [0.3, 0.4) is 0 Å². The van der Waals surface area contributed by atoms with Crippen LogP contribution in [0.1, 0.15) is 18.4 Å². The summed E-state index contributed by atoms with van der Waals surface area (Å²) in [5.41, 5.74) is 2.05. The van der Waals surface area contributed by atoms with E-state index in [0.29, 0.717) is 11.3 Å². The highest BCUT2D eigenvalue weighted by molar-refractivity contribution is 14.1. The van der Waals surface area contributed by atoms with E-state index >= 15 is 0 Å². The third-order valence-electron chi connectivity index (χ3n) is 3.12. The van der Waals surface area contributed by atoms with E-state index < -0.39 is 0 Å². The van der Waals surface area contributed by atoms with Crippen molar-refractivity contribution in [1.29, 1.82) is 5.41 Å². The van der Waals surface area contributed by atoms with Crippen LogP contribution in [0, 0.1) is 17.1 Å². The van der Waals surface area contributed by atoms with Crippen molar-refractivity contribution < 1.29 is 4.39 Å². The van der Waals surface area contributed by atoms with Gasteiger partial charge in [-0.2, -0.15) is 0 Å². The molecule has 1 aliphatic rings. The van der Waals surface area contributed by atoms with Crippen molar-refractivity contribution in [2.45, 2.75) is 12.8 Å². The van der Waals surface area contributed by atoms with Gasteiger partial charge in [0.25, 0.3) is 0 Å². The SMILES string of the molecule is N=C(c1cc(F)ccc1NI)C1CCNCC1. The van der Waals surface area contributed by atoms with Crippen LogP contribution in [-0.4, -0.2) is 18.8 Å². The molecule has 2 rings (SSSR count). The van der Waals surface area contributed by atoms with E-state index in [2.05, 4.69) is 8.85 Å². The van der Waals surface area contributed by atoms with Gasteiger partial charge in [-0.15, -0.1) is 0 Å². The van der Waals surface area contributed by atoms with Gasteiger partial charge >= 0.3 is 0 Å². The smallest absolute Gasteiger partial charge is 0.124 e. The van der Waals surface area contributed by atoms with E-state index in [-0.39, 0.29) is 11.7 Å². The summed E-state index contributed by atoms with van der Waals surface area (Å²) in [6.45, 7) is 1.88. The van der Waals surface area contributed by atoms with Crippen molar-refractivity contribution in [2.75, 3.05) is 16.6 Å². The molecular formula is C12H15FIN3. The Morgan fingerprint density at radius 3 is 2.76 bits per heavy atom. The Hall–Kier alpha value is -0.690. The molecule has 1 heterocycles. The first-order chi connectivity index (χ1) is 8.22. The molecule has 0 radical (unpaired) electrons. The molecular weight excluding hydrogens is 332 g/mol. The van der Waals surface area contributed by atoms with Gasteiger partial charge in [-0.05, 0) is 44.1 Å². The molecule has 1 aromatic carbocycles. The quantitative estimate of drug-likeness (QED) is 0.447. The van der Waals surface area contributed by atoms with Crippen molar-refractivity contribution in [3.8, 4) is 0 Å². The molecule has 0 aliphatic carbocycles. The third-order valence-corrected chi connectivity index (χ3v) is 3.70. The number of anilines is 1. The Morgan fingerprint density at radius 2 is 2.12 bits per heavy atom. The molecule has 0 spiro atoms. The van der Waals surface area contributed by atoms with Gasteiger partial charge in [-0.1, -0.05) is 0 Å². The molecule has 5 heteroatoms. The molecule has 3 nitrogen and oxygen atoms in total. The van der Waals surface area contributed by atoms with Gasteiger partial charge < -0.3 is 14.3 Å². The lowest BCUT2D eigenvalue weighted by molar-refractivity contribution is 0.456. The first kappa shape index (κ1) is 12.8. The lowest BCUT2D eigenvalue weighted by Crippen LogP contribution is -2.32. The Labute approximate surface area is 114 Å². The zero-order valence-corrected chi connectivity index (χ0v) is 11.6. The van der Waals surface area contributed by atoms with E-state index in [1.807, 2.05) is 22.9 Å². The third kappa shape index (κ3) is 2.95. The number of hydrogen-bond donors (Lipinski definition) is 3. The molecule has 0 aromatic heterocycles. The Morgan fingerprint density at radius 1 is 1.41 bits per heavy atom. The van der Waals surface area contributed by atoms with Crippen molar-refractivity contribution in [3.05, 3.63) is 29.6 Å². The first-order valence-corrected chi connectivity index (χ1v) is 6.76. The Balaban J connectivity index is 2.25.